The zero-order valence-electron chi connectivity index (χ0n) is 6.00. The van der Waals surface area contributed by atoms with Gasteiger partial charge in [0.25, 0.3) is 0 Å². The van der Waals surface area contributed by atoms with Crippen LogP contribution in [0.3, 0.4) is 0 Å². The number of hydrogen-bond acceptors (Lipinski definition) is 1. The predicted octanol–water partition coefficient (Wildman–Crippen LogP) is 3.05. The van der Waals surface area contributed by atoms with E-state index in [4.69, 9.17) is 0 Å². The van der Waals surface area contributed by atoms with Gasteiger partial charge >= 0.3 is 0 Å². The monoisotopic (exact) mass is 150 g/mol. The molecule has 1 rings (SSSR count). The van der Waals surface area contributed by atoms with Gasteiger partial charge in [0.05, 0.1) is 0 Å². The summed E-state index contributed by atoms with van der Waals surface area (Å²) in [6, 6.07) is 8.33. The van der Waals surface area contributed by atoms with Crippen LogP contribution in [0.4, 0.5) is 0 Å². The van der Waals surface area contributed by atoms with E-state index in [-0.39, 0.29) is 0 Å². The van der Waals surface area contributed by atoms with Crippen molar-refractivity contribution in [2.75, 3.05) is 6.26 Å². The molecule has 0 aliphatic carbocycles. The van der Waals surface area contributed by atoms with Gasteiger partial charge in [0.1, 0.15) is 0 Å². The molecule has 52 valence electrons. The molecule has 0 aliphatic heterocycles. The number of thioether (sulfide) groups is 1. The summed E-state index contributed by atoms with van der Waals surface area (Å²) in [6.45, 7) is 3.68. The molecule has 0 radical (unpaired) electrons. The highest BCUT2D eigenvalue weighted by molar-refractivity contribution is 7.98. The molecule has 1 aromatic rings. The topological polar surface area (TPSA) is 0 Å². The molecule has 0 heterocycles. The van der Waals surface area contributed by atoms with Gasteiger partial charge in [-0.05, 0) is 24.0 Å². The van der Waals surface area contributed by atoms with Crippen LogP contribution in [-0.4, -0.2) is 6.26 Å². The normalized spacial score (nSPS) is 9.30. The lowest BCUT2D eigenvalue weighted by molar-refractivity contribution is 1.45. The van der Waals surface area contributed by atoms with E-state index in [0.717, 1.165) is 0 Å². The minimum absolute atomic E-state index is 1.18. The first-order valence-corrected chi connectivity index (χ1v) is 4.36. The summed E-state index contributed by atoms with van der Waals surface area (Å²) < 4.78 is 0. The molecule has 10 heavy (non-hydrogen) atoms. The number of hydrogen-bond donors (Lipinski definition) is 0. The molecule has 0 aliphatic rings. The summed E-state index contributed by atoms with van der Waals surface area (Å²) in [7, 11) is 0. The Kier molecular flexibility index (Phi) is 2.57. The summed E-state index contributed by atoms with van der Waals surface area (Å²) >= 11 is 1.75. The molecule has 0 bridgehead atoms. The standard InChI is InChI=1S/C9H10S/c1-3-8-4-6-9(10-2)7-5-8/h3-7H,1H2,2H3. The first-order valence-electron chi connectivity index (χ1n) is 3.13. The van der Waals surface area contributed by atoms with Crippen molar-refractivity contribution < 1.29 is 0 Å². The Hall–Kier alpha value is -0.690. The lowest BCUT2D eigenvalue weighted by Crippen LogP contribution is -1.70. The Labute approximate surface area is 66.0 Å². The van der Waals surface area contributed by atoms with Gasteiger partial charge in [-0.25, -0.2) is 0 Å². The van der Waals surface area contributed by atoms with E-state index < -0.39 is 0 Å². The second-order valence-electron chi connectivity index (χ2n) is 1.98. The Bertz CT molecular complexity index is 211. The van der Waals surface area contributed by atoms with Crippen LogP contribution < -0.4 is 0 Å². The smallest absolute Gasteiger partial charge is 0.00695 e. The van der Waals surface area contributed by atoms with Crippen molar-refractivity contribution >= 4 is 17.8 Å². The Morgan fingerprint density at radius 3 is 2.30 bits per heavy atom. The average molecular weight is 150 g/mol. The third-order valence-electron chi connectivity index (χ3n) is 1.35. The number of rotatable bonds is 2. The molecule has 0 saturated heterocycles. The molecule has 0 N–H and O–H groups in total. The van der Waals surface area contributed by atoms with Crippen LogP contribution in [0.2, 0.25) is 0 Å². The van der Waals surface area contributed by atoms with Gasteiger partial charge in [-0.3, -0.25) is 0 Å². The van der Waals surface area contributed by atoms with E-state index in [1.807, 2.05) is 6.08 Å². The van der Waals surface area contributed by atoms with Crippen molar-refractivity contribution in [1.29, 1.82) is 0 Å². The Morgan fingerprint density at radius 2 is 1.90 bits per heavy atom. The van der Waals surface area contributed by atoms with Crippen LogP contribution in [0, 0.1) is 0 Å². The maximum absolute atomic E-state index is 3.68. The lowest BCUT2D eigenvalue weighted by Gasteiger charge is -1.94. The number of benzene rings is 1. The molecule has 0 spiro atoms. The lowest BCUT2D eigenvalue weighted by atomic mass is 10.2. The highest BCUT2D eigenvalue weighted by atomic mass is 32.2. The van der Waals surface area contributed by atoms with E-state index in [0.29, 0.717) is 0 Å². The Morgan fingerprint density at radius 1 is 1.30 bits per heavy atom. The minimum Gasteiger partial charge on any atom is -0.130 e. The van der Waals surface area contributed by atoms with Crippen LogP contribution in [0.15, 0.2) is 35.7 Å². The third-order valence-corrected chi connectivity index (χ3v) is 2.10. The fourth-order valence-corrected chi connectivity index (χ4v) is 1.15. The van der Waals surface area contributed by atoms with Crippen molar-refractivity contribution in [3.63, 3.8) is 0 Å². The highest BCUT2D eigenvalue weighted by Crippen LogP contribution is 2.14. The van der Waals surface area contributed by atoms with Gasteiger partial charge in [-0.1, -0.05) is 24.8 Å². The summed E-state index contributed by atoms with van der Waals surface area (Å²) in [4.78, 5) is 1.30. The molecule has 0 atom stereocenters. The van der Waals surface area contributed by atoms with E-state index in [1.165, 1.54) is 10.5 Å². The van der Waals surface area contributed by atoms with Gasteiger partial charge in [-0.2, -0.15) is 0 Å². The van der Waals surface area contributed by atoms with Crippen molar-refractivity contribution in [2.24, 2.45) is 0 Å². The predicted molar refractivity (Wildman–Crippen MR) is 48.3 cm³/mol. The summed E-state index contributed by atoms with van der Waals surface area (Å²) in [5.41, 5.74) is 1.18. The zero-order chi connectivity index (χ0) is 7.40. The summed E-state index contributed by atoms with van der Waals surface area (Å²) in [6.07, 6.45) is 3.92. The molecule has 0 fully saturated rings. The van der Waals surface area contributed by atoms with Crippen LogP contribution in [0.25, 0.3) is 6.08 Å². The Balaban J connectivity index is 2.90. The van der Waals surface area contributed by atoms with E-state index >= 15 is 0 Å². The quantitative estimate of drug-likeness (QED) is 0.584. The third kappa shape index (κ3) is 1.64. The van der Waals surface area contributed by atoms with Gasteiger partial charge in [0, 0.05) is 4.90 Å². The molecular formula is C9H10S. The molecule has 1 heteroatoms. The average Bonchev–Trinajstić information content (AvgIpc) is 2.05. The highest BCUT2D eigenvalue weighted by Gasteiger charge is 1.86. The van der Waals surface area contributed by atoms with Gasteiger partial charge in [0.15, 0.2) is 0 Å². The second kappa shape index (κ2) is 3.47. The molecule has 0 unspecified atom stereocenters. The maximum atomic E-state index is 3.68. The minimum atomic E-state index is 1.18. The fourth-order valence-electron chi connectivity index (χ4n) is 0.740. The largest absolute Gasteiger partial charge is 0.130 e. The van der Waals surface area contributed by atoms with Crippen LogP contribution in [0.5, 0.6) is 0 Å². The first kappa shape index (κ1) is 7.42. The fraction of sp³-hybridized carbons (Fsp3) is 0.111. The molecule has 0 nitrogen and oxygen atoms in total. The van der Waals surface area contributed by atoms with Crippen LogP contribution >= 0.6 is 11.8 Å². The van der Waals surface area contributed by atoms with Gasteiger partial charge < -0.3 is 0 Å². The molecule has 0 aromatic heterocycles. The van der Waals surface area contributed by atoms with E-state index in [9.17, 15) is 0 Å². The van der Waals surface area contributed by atoms with Crippen molar-refractivity contribution in [3.05, 3.63) is 36.4 Å². The second-order valence-corrected chi connectivity index (χ2v) is 2.86. The molecular weight excluding hydrogens is 140 g/mol. The van der Waals surface area contributed by atoms with Crippen LogP contribution in [0.1, 0.15) is 5.56 Å². The molecule has 0 amide bonds. The maximum Gasteiger partial charge on any atom is 0.00695 e. The van der Waals surface area contributed by atoms with Crippen LogP contribution in [-0.2, 0) is 0 Å². The van der Waals surface area contributed by atoms with E-state index in [2.05, 4.69) is 37.1 Å². The van der Waals surface area contributed by atoms with Crippen molar-refractivity contribution in [2.45, 2.75) is 4.90 Å². The zero-order valence-corrected chi connectivity index (χ0v) is 6.82. The van der Waals surface area contributed by atoms with Gasteiger partial charge in [-0.15, -0.1) is 11.8 Å². The van der Waals surface area contributed by atoms with Crippen molar-refractivity contribution in [3.8, 4) is 0 Å². The van der Waals surface area contributed by atoms with Crippen molar-refractivity contribution in [1.82, 2.24) is 0 Å². The molecule has 0 saturated carbocycles. The molecule has 1 aromatic carbocycles. The van der Waals surface area contributed by atoms with E-state index in [1.54, 1.807) is 11.8 Å². The van der Waals surface area contributed by atoms with Gasteiger partial charge in [0.2, 0.25) is 0 Å². The summed E-state index contributed by atoms with van der Waals surface area (Å²) in [5, 5.41) is 0. The SMILES string of the molecule is C=Cc1ccc(SC)cc1. The first-order chi connectivity index (χ1) is 4.86. The summed E-state index contributed by atoms with van der Waals surface area (Å²) in [5.74, 6) is 0.